The molecule has 1 aliphatic heterocycles. The summed E-state index contributed by atoms with van der Waals surface area (Å²) in [7, 11) is 0. The number of carbonyl (C=O) groups is 1. The molecule has 32 heavy (non-hydrogen) atoms. The molecule has 0 bridgehead atoms. The van der Waals surface area contributed by atoms with Crippen molar-refractivity contribution in [2.75, 3.05) is 44.3 Å². The van der Waals surface area contributed by atoms with E-state index in [-0.39, 0.29) is 5.91 Å². The molecule has 4 rings (SSSR count). The van der Waals surface area contributed by atoms with E-state index in [4.69, 9.17) is 9.47 Å². The van der Waals surface area contributed by atoms with Crippen LogP contribution in [0, 0.1) is 13.8 Å². The highest BCUT2D eigenvalue weighted by atomic mass is 16.5. The van der Waals surface area contributed by atoms with Crippen LogP contribution >= 0.6 is 0 Å². The summed E-state index contributed by atoms with van der Waals surface area (Å²) in [5.74, 6) is 3.05. The number of hydrogen-bond donors (Lipinski definition) is 0. The maximum atomic E-state index is 13.2. The minimum atomic E-state index is -0.0146. The van der Waals surface area contributed by atoms with E-state index >= 15 is 0 Å². The van der Waals surface area contributed by atoms with Crippen molar-refractivity contribution >= 4 is 11.7 Å². The highest BCUT2D eigenvalue weighted by molar-refractivity contribution is 5.97. The number of piperazine rings is 1. The van der Waals surface area contributed by atoms with Gasteiger partial charge in [0.15, 0.2) is 0 Å². The Kier molecular flexibility index (Phi) is 6.84. The van der Waals surface area contributed by atoms with Crippen molar-refractivity contribution in [2.24, 2.45) is 0 Å². The van der Waals surface area contributed by atoms with Gasteiger partial charge in [-0.05, 0) is 38.1 Å². The lowest BCUT2D eigenvalue weighted by Crippen LogP contribution is -2.49. The number of hydrogen-bond acceptors (Lipinski definition) is 6. The number of anilines is 1. The standard InChI is InChI=1S/C25H28N4O3/c1-19-18-24(27-20(2)26-19)28-12-14-29(15-13-28)25(30)22-10-6-7-11-23(22)32-17-16-31-21-8-4-3-5-9-21/h3-11,18H,12-17H2,1-2H3. The number of aromatic nitrogens is 2. The number of rotatable bonds is 7. The van der Waals surface area contributed by atoms with E-state index in [1.807, 2.05) is 79.4 Å². The molecule has 7 heteroatoms. The molecule has 0 unspecified atom stereocenters. The average Bonchev–Trinajstić information content (AvgIpc) is 2.82. The Morgan fingerprint density at radius 2 is 1.56 bits per heavy atom. The lowest BCUT2D eigenvalue weighted by atomic mass is 10.1. The first-order valence-electron chi connectivity index (χ1n) is 10.9. The van der Waals surface area contributed by atoms with Crippen LogP contribution in [0.3, 0.4) is 0 Å². The number of aryl methyl sites for hydroxylation is 2. The summed E-state index contributed by atoms with van der Waals surface area (Å²) in [6.07, 6.45) is 0. The molecule has 1 fully saturated rings. The zero-order chi connectivity index (χ0) is 22.3. The molecule has 3 aromatic rings. The Balaban J connectivity index is 1.33. The largest absolute Gasteiger partial charge is 0.490 e. The second-order valence-electron chi connectivity index (χ2n) is 7.70. The van der Waals surface area contributed by atoms with E-state index < -0.39 is 0 Å². The third-order valence-corrected chi connectivity index (χ3v) is 5.31. The van der Waals surface area contributed by atoms with Gasteiger partial charge in [0.05, 0.1) is 5.56 Å². The van der Waals surface area contributed by atoms with Crippen molar-refractivity contribution in [2.45, 2.75) is 13.8 Å². The number of nitrogens with zero attached hydrogens (tertiary/aromatic N) is 4. The number of amides is 1. The summed E-state index contributed by atoms with van der Waals surface area (Å²) in [6, 6.07) is 19.0. The van der Waals surface area contributed by atoms with E-state index in [0.717, 1.165) is 36.2 Å². The van der Waals surface area contributed by atoms with Crippen molar-refractivity contribution in [3.05, 3.63) is 77.7 Å². The van der Waals surface area contributed by atoms with Gasteiger partial charge in [0, 0.05) is 37.9 Å². The molecule has 0 spiro atoms. The molecule has 1 aliphatic rings. The average molecular weight is 433 g/mol. The van der Waals surface area contributed by atoms with Crippen LogP contribution in [0.25, 0.3) is 0 Å². The summed E-state index contributed by atoms with van der Waals surface area (Å²) in [6.45, 7) is 7.37. The number of ether oxygens (including phenoxy) is 2. The summed E-state index contributed by atoms with van der Waals surface area (Å²) >= 11 is 0. The fraction of sp³-hybridized carbons (Fsp3) is 0.320. The maximum Gasteiger partial charge on any atom is 0.257 e. The van der Waals surface area contributed by atoms with E-state index in [9.17, 15) is 4.79 Å². The van der Waals surface area contributed by atoms with Gasteiger partial charge in [0.2, 0.25) is 0 Å². The third kappa shape index (κ3) is 5.35. The molecule has 0 atom stereocenters. The predicted octanol–water partition coefficient (Wildman–Crippen LogP) is 3.51. The van der Waals surface area contributed by atoms with Crippen LogP contribution in [0.15, 0.2) is 60.7 Å². The Bertz CT molecular complexity index is 1030. The summed E-state index contributed by atoms with van der Waals surface area (Å²) < 4.78 is 11.6. The molecule has 0 saturated carbocycles. The van der Waals surface area contributed by atoms with Crippen LogP contribution in [0.5, 0.6) is 11.5 Å². The van der Waals surface area contributed by atoms with Gasteiger partial charge in [0.1, 0.15) is 36.4 Å². The molecule has 1 aromatic heterocycles. The summed E-state index contributed by atoms with van der Waals surface area (Å²) in [5, 5.41) is 0. The summed E-state index contributed by atoms with van der Waals surface area (Å²) in [4.78, 5) is 26.2. The first kappa shape index (κ1) is 21.6. The Hall–Kier alpha value is -3.61. The van der Waals surface area contributed by atoms with E-state index in [1.54, 1.807) is 0 Å². The van der Waals surface area contributed by atoms with Gasteiger partial charge >= 0.3 is 0 Å². The van der Waals surface area contributed by atoms with Crippen LogP contribution in [0.1, 0.15) is 21.9 Å². The fourth-order valence-electron chi connectivity index (χ4n) is 3.77. The predicted molar refractivity (Wildman–Crippen MR) is 123 cm³/mol. The molecule has 1 amide bonds. The first-order valence-corrected chi connectivity index (χ1v) is 10.9. The number of benzene rings is 2. The van der Waals surface area contributed by atoms with Crippen molar-refractivity contribution in [1.82, 2.24) is 14.9 Å². The van der Waals surface area contributed by atoms with Crippen LogP contribution in [-0.2, 0) is 0 Å². The zero-order valence-electron chi connectivity index (χ0n) is 18.5. The van der Waals surface area contributed by atoms with Gasteiger partial charge in [0.25, 0.3) is 5.91 Å². The van der Waals surface area contributed by atoms with Gasteiger partial charge in [-0.1, -0.05) is 30.3 Å². The monoisotopic (exact) mass is 432 g/mol. The van der Waals surface area contributed by atoms with Crippen LogP contribution in [0.4, 0.5) is 5.82 Å². The normalized spacial score (nSPS) is 13.7. The highest BCUT2D eigenvalue weighted by Crippen LogP contribution is 2.22. The lowest BCUT2D eigenvalue weighted by molar-refractivity contribution is 0.0741. The number of para-hydroxylation sites is 2. The molecule has 0 aliphatic carbocycles. The van der Waals surface area contributed by atoms with Gasteiger partial charge in [-0.25, -0.2) is 9.97 Å². The Morgan fingerprint density at radius 1 is 0.875 bits per heavy atom. The van der Waals surface area contributed by atoms with Crippen LogP contribution in [-0.4, -0.2) is 60.2 Å². The first-order chi connectivity index (χ1) is 15.6. The topological polar surface area (TPSA) is 67.8 Å². The highest BCUT2D eigenvalue weighted by Gasteiger charge is 2.25. The van der Waals surface area contributed by atoms with Gasteiger partial charge in [-0.3, -0.25) is 4.79 Å². The molecule has 0 N–H and O–H groups in total. The van der Waals surface area contributed by atoms with Crippen molar-refractivity contribution in [3.8, 4) is 11.5 Å². The molecular weight excluding hydrogens is 404 g/mol. The van der Waals surface area contributed by atoms with E-state index in [1.165, 1.54) is 0 Å². The van der Waals surface area contributed by atoms with Crippen molar-refractivity contribution in [3.63, 3.8) is 0 Å². The second-order valence-corrected chi connectivity index (χ2v) is 7.70. The van der Waals surface area contributed by atoms with Gasteiger partial charge in [-0.15, -0.1) is 0 Å². The van der Waals surface area contributed by atoms with Crippen molar-refractivity contribution in [1.29, 1.82) is 0 Å². The van der Waals surface area contributed by atoms with Crippen LogP contribution < -0.4 is 14.4 Å². The molecule has 2 aromatic carbocycles. The Morgan fingerprint density at radius 3 is 2.31 bits per heavy atom. The lowest BCUT2D eigenvalue weighted by Gasteiger charge is -2.35. The minimum absolute atomic E-state index is 0.0146. The SMILES string of the molecule is Cc1cc(N2CCN(C(=O)c3ccccc3OCCOc3ccccc3)CC2)nc(C)n1. The zero-order valence-corrected chi connectivity index (χ0v) is 18.5. The Labute approximate surface area is 188 Å². The smallest absolute Gasteiger partial charge is 0.257 e. The number of carbonyl (C=O) groups excluding carboxylic acids is 1. The van der Waals surface area contributed by atoms with E-state index in [2.05, 4.69) is 14.9 Å². The molecule has 2 heterocycles. The van der Waals surface area contributed by atoms with Crippen LogP contribution in [0.2, 0.25) is 0 Å². The fourth-order valence-corrected chi connectivity index (χ4v) is 3.77. The molecule has 1 saturated heterocycles. The molecule has 7 nitrogen and oxygen atoms in total. The minimum Gasteiger partial charge on any atom is -0.490 e. The molecule has 166 valence electrons. The molecule has 0 radical (unpaired) electrons. The molecular formula is C25H28N4O3. The van der Waals surface area contributed by atoms with Gasteiger partial charge < -0.3 is 19.3 Å². The summed E-state index contributed by atoms with van der Waals surface area (Å²) in [5.41, 5.74) is 1.53. The van der Waals surface area contributed by atoms with E-state index in [0.29, 0.717) is 37.6 Å². The maximum absolute atomic E-state index is 13.2. The second kappa shape index (κ2) is 10.1. The third-order valence-electron chi connectivity index (χ3n) is 5.31. The quantitative estimate of drug-likeness (QED) is 0.532. The van der Waals surface area contributed by atoms with Crippen molar-refractivity contribution < 1.29 is 14.3 Å². The van der Waals surface area contributed by atoms with Gasteiger partial charge in [-0.2, -0.15) is 0 Å².